The van der Waals surface area contributed by atoms with Crippen molar-refractivity contribution in [3.05, 3.63) is 82.6 Å². The van der Waals surface area contributed by atoms with Gasteiger partial charge >= 0.3 is 0 Å². The summed E-state index contributed by atoms with van der Waals surface area (Å²) in [5.74, 6) is 0.567. The SMILES string of the molecule is NCc1ccc(Nc2nccc(C(NC3CC3)c3cccc(Cl)c3)n2)cc1. The molecule has 0 amide bonds. The van der Waals surface area contributed by atoms with E-state index in [9.17, 15) is 0 Å². The van der Waals surface area contributed by atoms with E-state index in [-0.39, 0.29) is 6.04 Å². The molecule has 0 bridgehead atoms. The van der Waals surface area contributed by atoms with Crippen LogP contribution >= 0.6 is 11.6 Å². The number of nitrogens with two attached hydrogens (primary N) is 1. The van der Waals surface area contributed by atoms with Crippen molar-refractivity contribution in [3.63, 3.8) is 0 Å². The minimum absolute atomic E-state index is 0.0145. The maximum Gasteiger partial charge on any atom is 0.227 e. The van der Waals surface area contributed by atoms with Crippen molar-refractivity contribution in [3.8, 4) is 0 Å². The first-order valence-electron chi connectivity index (χ1n) is 9.12. The first-order chi connectivity index (χ1) is 13.2. The van der Waals surface area contributed by atoms with E-state index in [1.165, 1.54) is 12.8 Å². The van der Waals surface area contributed by atoms with Crippen LogP contribution in [0, 0.1) is 0 Å². The first-order valence-corrected chi connectivity index (χ1v) is 9.49. The Balaban J connectivity index is 1.59. The number of nitrogens with one attached hydrogen (secondary N) is 2. The molecule has 1 aliphatic rings. The minimum Gasteiger partial charge on any atom is -0.326 e. The van der Waals surface area contributed by atoms with E-state index in [2.05, 4.69) is 21.7 Å². The van der Waals surface area contributed by atoms with Crippen LogP contribution in [0.5, 0.6) is 0 Å². The topological polar surface area (TPSA) is 75.9 Å². The van der Waals surface area contributed by atoms with Gasteiger partial charge < -0.3 is 16.4 Å². The van der Waals surface area contributed by atoms with Gasteiger partial charge in [0.1, 0.15) is 0 Å². The van der Waals surface area contributed by atoms with Gasteiger partial charge in [-0.25, -0.2) is 9.97 Å². The van der Waals surface area contributed by atoms with Gasteiger partial charge in [-0.2, -0.15) is 0 Å². The van der Waals surface area contributed by atoms with Gasteiger partial charge in [0, 0.05) is 29.5 Å². The molecule has 3 aromatic rings. The molecule has 1 heterocycles. The standard InChI is InChI=1S/C21H22ClN5/c22-16-3-1-2-15(12-16)20(25-17-8-9-17)19-10-11-24-21(27-19)26-18-6-4-14(13-23)5-7-18/h1-7,10-12,17,20,25H,8-9,13,23H2,(H,24,26,27). The van der Waals surface area contributed by atoms with Crippen LogP contribution in [-0.4, -0.2) is 16.0 Å². The van der Waals surface area contributed by atoms with E-state index in [1.54, 1.807) is 6.20 Å². The van der Waals surface area contributed by atoms with Crippen LogP contribution in [0.2, 0.25) is 5.02 Å². The number of nitrogens with zero attached hydrogens (tertiary/aromatic N) is 2. The van der Waals surface area contributed by atoms with Gasteiger partial charge in [-0.3, -0.25) is 0 Å². The molecule has 1 aromatic heterocycles. The third kappa shape index (κ3) is 4.63. The Kier molecular flexibility index (Phi) is 5.34. The van der Waals surface area contributed by atoms with Crippen molar-refractivity contribution in [2.45, 2.75) is 31.5 Å². The Morgan fingerprint density at radius 3 is 2.63 bits per heavy atom. The van der Waals surface area contributed by atoms with Crippen LogP contribution in [0.25, 0.3) is 0 Å². The maximum atomic E-state index is 6.21. The van der Waals surface area contributed by atoms with Crippen LogP contribution in [0.15, 0.2) is 60.8 Å². The Labute approximate surface area is 164 Å². The second-order valence-corrected chi connectivity index (χ2v) is 7.20. The summed E-state index contributed by atoms with van der Waals surface area (Å²) >= 11 is 6.21. The molecule has 5 nitrogen and oxygen atoms in total. The largest absolute Gasteiger partial charge is 0.326 e. The van der Waals surface area contributed by atoms with Crippen molar-refractivity contribution in [2.75, 3.05) is 5.32 Å². The van der Waals surface area contributed by atoms with Crippen molar-refractivity contribution in [1.29, 1.82) is 0 Å². The van der Waals surface area contributed by atoms with Crippen LogP contribution in [0.4, 0.5) is 11.6 Å². The fourth-order valence-electron chi connectivity index (χ4n) is 2.97. The highest BCUT2D eigenvalue weighted by Crippen LogP contribution is 2.29. The molecular weight excluding hydrogens is 358 g/mol. The Morgan fingerprint density at radius 1 is 1.11 bits per heavy atom. The Hall–Kier alpha value is -2.47. The van der Waals surface area contributed by atoms with Crippen molar-refractivity contribution >= 4 is 23.2 Å². The molecule has 4 rings (SSSR count). The zero-order valence-corrected chi connectivity index (χ0v) is 15.7. The quantitative estimate of drug-likeness (QED) is 0.574. The zero-order chi connectivity index (χ0) is 18.6. The average Bonchev–Trinajstić information content (AvgIpc) is 3.51. The molecule has 1 saturated carbocycles. The molecule has 1 aliphatic carbocycles. The van der Waals surface area contributed by atoms with E-state index < -0.39 is 0 Å². The minimum atomic E-state index is -0.0145. The van der Waals surface area contributed by atoms with Gasteiger partial charge in [-0.05, 0) is 54.3 Å². The summed E-state index contributed by atoms with van der Waals surface area (Å²) in [6, 6.07) is 18.3. The molecule has 2 aromatic carbocycles. The summed E-state index contributed by atoms with van der Waals surface area (Å²) in [4.78, 5) is 9.11. The van der Waals surface area contributed by atoms with Gasteiger partial charge in [0.25, 0.3) is 0 Å². The third-order valence-corrected chi connectivity index (χ3v) is 4.82. The molecular formula is C21H22ClN5. The van der Waals surface area contributed by atoms with Gasteiger partial charge in [0.15, 0.2) is 0 Å². The third-order valence-electron chi connectivity index (χ3n) is 4.58. The lowest BCUT2D eigenvalue weighted by molar-refractivity contribution is 0.587. The number of halogens is 1. The predicted molar refractivity (Wildman–Crippen MR) is 109 cm³/mol. The summed E-state index contributed by atoms with van der Waals surface area (Å²) < 4.78 is 0. The van der Waals surface area contributed by atoms with E-state index in [0.717, 1.165) is 27.5 Å². The molecule has 138 valence electrons. The maximum absolute atomic E-state index is 6.21. The molecule has 0 saturated heterocycles. The van der Waals surface area contributed by atoms with Crippen LogP contribution in [0.3, 0.4) is 0 Å². The predicted octanol–water partition coefficient (Wildman–Crippen LogP) is 4.17. The highest BCUT2D eigenvalue weighted by Gasteiger charge is 2.27. The lowest BCUT2D eigenvalue weighted by atomic mass is 10.0. The summed E-state index contributed by atoms with van der Waals surface area (Å²) in [6.45, 7) is 0.528. The number of hydrogen-bond acceptors (Lipinski definition) is 5. The van der Waals surface area contributed by atoms with Gasteiger partial charge in [0.05, 0.1) is 11.7 Å². The van der Waals surface area contributed by atoms with E-state index >= 15 is 0 Å². The van der Waals surface area contributed by atoms with E-state index in [1.807, 2.05) is 48.5 Å². The first kappa shape index (κ1) is 17.9. The molecule has 1 atom stereocenters. The Morgan fingerprint density at radius 2 is 1.93 bits per heavy atom. The number of aromatic nitrogens is 2. The molecule has 1 unspecified atom stereocenters. The van der Waals surface area contributed by atoms with Crippen molar-refractivity contribution < 1.29 is 0 Å². The van der Waals surface area contributed by atoms with Crippen LogP contribution < -0.4 is 16.4 Å². The molecule has 27 heavy (non-hydrogen) atoms. The lowest BCUT2D eigenvalue weighted by Gasteiger charge is -2.19. The molecule has 0 spiro atoms. The number of anilines is 2. The summed E-state index contributed by atoms with van der Waals surface area (Å²) in [7, 11) is 0. The smallest absolute Gasteiger partial charge is 0.227 e. The lowest BCUT2D eigenvalue weighted by Crippen LogP contribution is -2.25. The monoisotopic (exact) mass is 379 g/mol. The van der Waals surface area contributed by atoms with Gasteiger partial charge in [-0.15, -0.1) is 0 Å². The normalized spacial score (nSPS) is 14.7. The fourth-order valence-corrected chi connectivity index (χ4v) is 3.17. The molecule has 0 aliphatic heterocycles. The summed E-state index contributed by atoms with van der Waals surface area (Å²) in [6.07, 6.45) is 4.17. The zero-order valence-electron chi connectivity index (χ0n) is 14.9. The summed E-state index contributed by atoms with van der Waals surface area (Å²) in [5.41, 5.74) is 9.69. The van der Waals surface area contributed by atoms with Crippen LogP contribution in [0.1, 0.15) is 35.7 Å². The number of benzene rings is 2. The van der Waals surface area contributed by atoms with E-state index in [0.29, 0.717) is 18.5 Å². The van der Waals surface area contributed by atoms with Gasteiger partial charge in [0.2, 0.25) is 5.95 Å². The second-order valence-electron chi connectivity index (χ2n) is 6.76. The average molecular weight is 380 g/mol. The van der Waals surface area contributed by atoms with Crippen molar-refractivity contribution in [1.82, 2.24) is 15.3 Å². The second kappa shape index (κ2) is 8.05. The van der Waals surface area contributed by atoms with Crippen LogP contribution in [-0.2, 0) is 6.54 Å². The number of rotatable bonds is 7. The van der Waals surface area contributed by atoms with Crippen molar-refractivity contribution in [2.24, 2.45) is 5.73 Å². The number of hydrogen-bond donors (Lipinski definition) is 3. The van der Waals surface area contributed by atoms with E-state index in [4.69, 9.17) is 22.3 Å². The molecule has 0 radical (unpaired) electrons. The fraction of sp³-hybridized carbons (Fsp3) is 0.238. The molecule has 1 fully saturated rings. The summed E-state index contributed by atoms with van der Waals surface area (Å²) in [5, 5.41) is 7.66. The highest BCUT2D eigenvalue weighted by atomic mass is 35.5. The molecule has 6 heteroatoms. The highest BCUT2D eigenvalue weighted by molar-refractivity contribution is 6.30. The molecule has 4 N–H and O–H groups in total. The van der Waals surface area contributed by atoms with Gasteiger partial charge in [-0.1, -0.05) is 35.9 Å². The Bertz CT molecular complexity index is 908.